The minimum atomic E-state index is -1.35. The fourth-order valence-electron chi connectivity index (χ4n) is 0.688. The topological polar surface area (TPSA) is 227 Å². The predicted molar refractivity (Wildman–Crippen MR) is 81.5 cm³/mol. The minimum Gasteiger partial charge on any atom is -0.123 e. The van der Waals surface area contributed by atoms with Crippen LogP contribution in [0.15, 0.2) is 0 Å². The van der Waals surface area contributed by atoms with E-state index in [4.69, 9.17) is 56.5 Å². The Morgan fingerprint density at radius 1 is 0.944 bits per heavy atom. The van der Waals surface area contributed by atoms with Crippen molar-refractivity contribution in [3.8, 4) is 0 Å². The maximum absolute atomic E-state index is 5.60. The highest BCUT2D eigenvalue weighted by atomic mass is 127. The summed E-state index contributed by atoms with van der Waals surface area (Å²) in [5.74, 6) is 42.5. The van der Waals surface area contributed by atoms with Crippen LogP contribution in [0.25, 0.3) is 0 Å². The van der Waals surface area contributed by atoms with Gasteiger partial charge in [0, 0.05) is 4.97 Å². The van der Waals surface area contributed by atoms with E-state index < -0.39 is 54.8 Å². The third-order valence-corrected chi connectivity index (χ3v) is 5.69. The van der Waals surface area contributed by atoms with Crippen LogP contribution >= 0.6 is 41.7 Å². The van der Waals surface area contributed by atoms with Gasteiger partial charge >= 0.3 is 0 Å². The molecule has 0 aromatic heterocycles. The third-order valence-electron chi connectivity index (χ3n) is 0.950. The summed E-state index contributed by atoms with van der Waals surface area (Å²) in [5, 5.41) is 0. The number of rotatable bonds is 7. The van der Waals surface area contributed by atoms with E-state index in [2.05, 4.69) is 4.51 Å². The Bertz CT molecular complexity index is 317. The fourth-order valence-corrected chi connectivity index (χ4v) is 5.28. The van der Waals surface area contributed by atoms with E-state index in [1.807, 2.05) is 0 Å². The monoisotopic (exact) mass is 496 g/mol. The van der Waals surface area contributed by atoms with Gasteiger partial charge < -0.3 is 0 Å². The lowest BCUT2D eigenvalue weighted by atomic mass is 10.9. The van der Waals surface area contributed by atoms with Gasteiger partial charge in [0.25, 0.3) is 21.0 Å². The highest BCUT2D eigenvalue weighted by Gasteiger charge is 2.35. The van der Waals surface area contributed by atoms with Gasteiger partial charge in [0.05, 0.1) is 12.5 Å². The Morgan fingerprint density at radius 2 is 1.44 bits per heavy atom. The maximum atomic E-state index is 5.60. The molecule has 15 heteroatoms. The van der Waals surface area contributed by atoms with Crippen molar-refractivity contribution < 1.29 is 22.8 Å². The lowest BCUT2D eigenvalue weighted by Crippen LogP contribution is -2.73. The zero-order chi connectivity index (χ0) is 14.6. The van der Waals surface area contributed by atoms with Gasteiger partial charge in [0.15, 0.2) is 0 Å². The van der Waals surface area contributed by atoms with Crippen molar-refractivity contribution in [3.05, 3.63) is 0 Å². The van der Waals surface area contributed by atoms with Crippen LogP contribution in [-0.4, -0.2) is 25.7 Å². The van der Waals surface area contributed by atoms with Crippen molar-refractivity contribution in [1.29, 1.82) is 0 Å². The van der Waals surface area contributed by atoms with Crippen LogP contribution in [0, 0.1) is 0 Å². The Labute approximate surface area is 123 Å². The second-order valence-corrected chi connectivity index (χ2v) is 8.12. The van der Waals surface area contributed by atoms with E-state index in [1.54, 1.807) is 0 Å². The van der Waals surface area contributed by atoms with Gasteiger partial charge in [-0.05, 0) is 0 Å². The van der Waals surface area contributed by atoms with Crippen LogP contribution in [0.4, 0.5) is 0 Å². The van der Waals surface area contributed by atoms with E-state index in [9.17, 15) is 0 Å². The number of quaternary nitrogens is 3. The van der Waals surface area contributed by atoms with Gasteiger partial charge in [-0.2, -0.15) is 0 Å². The van der Waals surface area contributed by atoms with Gasteiger partial charge in [-0.25, -0.2) is 0 Å². The van der Waals surface area contributed by atoms with Crippen molar-refractivity contribution >= 4 is 49.9 Å². The second-order valence-electron chi connectivity index (χ2n) is 3.09. The number of hydrogen-bond acceptors (Lipinski definition) is 10. The molecule has 0 aromatic rings. The van der Waals surface area contributed by atoms with Crippen LogP contribution in [0.5, 0.6) is 0 Å². The molecule has 0 atom stereocenters. The van der Waals surface area contributed by atoms with Gasteiger partial charge in [-0.15, -0.1) is 67.5 Å². The van der Waals surface area contributed by atoms with Crippen LogP contribution in [-0.2, 0) is 9.78 Å². The molecule has 0 fully saturated rings. The van der Waals surface area contributed by atoms with Crippen LogP contribution in [0.1, 0.15) is 0 Å². The van der Waals surface area contributed by atoms with Gasteiger partial charge in [-0.1, -0.05) is 9.35 Å². The zero-order valence-electron chi connectivity index (χ0n) is 9.45. The molecule has 0 radical (unpaired) electrons. The SMILES string of the molecule is C=ICC(O[N+](N)(N)N)=I[N+](N)(N)O[N+](N)(N)N. The molecule has 0 amide bonds. The van der Waals surface area contributed by atoms with Crippen LogP contribution < -0.4 is 46.7 Å². The largest absolute Gasteiger partial charge is 0.273 e. The van der Waals surface area contributed by atoms with Gasteiger partial charge in [0.2, 0.25) is 3.69 Å². The predicted octanol–water partition coefficient (Wildman–Crippen LogP) is -4.38. The van der Waals surface area contributed by atoms with Crippen molar-refractivity contribution in [1.82, 2.24) is 0 Å². The summed E-state index contributed by atoms with van der Waals surface area (Å²) >= 11 is -1.70. The summed E-state index contributed by atoms with van der Waals surface area (Å²) in [6, 6.07) is 0. The summed E-state index contributed by atoms with van der Waals surface area (Å²) in [6.07, 6.45) is 0. The molecule has 110 valence electrons. The first-order valence-electron chi connectivity index (χ1n) is 4.06. The van der Waals surface area contributed by atoms with Crippen molar-refractivity contribution in [2.45, 2.75) is 0 Å². The molecule has 0 aliphatic rings. The quantitative estimate of drug-likeness (QED) is 0.0422. The van der Waals surface area contributed by atoms with Gasteiger partial charge in [-0.3, -0.25) is 0 Å². The van der Waals surface area contributed by atoms with E-state index in [-0.39, 0.29) is 0 Å². The standard InChI is InChI=1S/C3H20I2N11O2/c1-4-2-3(17-15(8,9)10)5-14(6,7)18-16(11,12)13/h1-2,6-13H2/q+3. The highest BCUT2D eigenvalue weighted by Crippen LogP contribution is 2.16. The first-order chi connectivity index (χ1) is 7.85. The molecule has 0 aliphatic heterocycles. The van der Waals surface area contributed by atoms with Crippen LogP contribution in [0.3, 0.4) is 0 Å². The third kappa shape index (κ3) is 10.6. The molecule has 0 heterocycles. The molecule has 0 aliphatic carbocycles. The molecule has 0 saturated heterocycles. The van der Waals surface area contributed by atoms with Crippen LogP contribution in [0.2, 0.25) is 0 Å². The van der Waals surface area contributed by atoms with Gasteiger partial charge in [0.1, 0.15) is 4.94 Å². The molecule has 13 nitrogen and oxygen atoms in total. The van der Waals surface area contributed by atoms with E-state index >= 15 is 0 Å². The molecule has 0 unspecified atom stereocenters. The molecule has 0 spiro atoms. The molecular formula is C3H20I2N11O2+3. The number of halogens is 2. The smallest absolute Gasteiger partial charge is 0.123 e. The summed E-state index contributed by atoms with van der Waals surface area (Å²) < 4.78 is 3.65. The number of nitrogens with zero attached hydrogens (tertiary/aromatic N) is 3. The molecule has 0 aromatic carbocycles. The lowest BCUT2D eigenvalue weighted by molar-refractivity contribution is -1.32. The molecule has 18 heavy (non-hydrogen) atoms. The first kappa shape index (κ1) is 18.7. The second kappa shape index (κ2) is 6.91. The lowest BCUT2D eigenvalue weighted by Gasteiger charge is -2.22. The summed E-state index contributed by atoms with van der Waals surface area (Å²) in [6.45, 7) is 0. The Morgan fingerprint density at radius 3 is 1.78 bits per heavy atom. The summed E-state index contributed by atoms with van der Waals surface area (Å²) in [4.78, 5) is 7.30. The Kier molecular flexibility index (Phi) is 7.17. The van der Waals surface area contributed by atoms with E-state index in [1.165, 1.54) is 0 Å². The highest BCUT2D eigenvalue weighted by molar-refractivity contribution is 14.2. The first-order valence-corrected chi connectivity index (χ1v) is 9.16. The Balaban J connectivity index is 4.98. The maximum Gasteiger partial charge on any atom is 0.273 e. The Hall–Kier alpha value is 0.680. The van der Waals surface area contributed by atoms with E-state index in [0.29, 0.717) is 8.12 Å². The summed E-state index contributed by atoms with van der Waals surface area (Å²) in [7, 11) is 0. The molecular weight excluding hydrogens is 476 g/mol. The molecule has 16 N–H and O–H groups in total. The number of alkyl halides is 1. The van der Waals surface area contributed by atoms with Crippen molar-refractivity contribution in [3.63, 3.8) is 0 Å². The average molecular weight is 496 g/mol. The molecule has 0 rings (SSSR count). The number of hydrogen-bond donors (Lipinski definition) is 8. The molecule has 0 bridgehead atoms. The normalized spacial score (nSPS) is 15.4. The van der Waals surface area contributed by atoms with Crippen molar-refractivity contribution in [2.75, 3.05) is 4.43 Å². The van der Waals surface area contributed by atoms with Crippen molar-refractivity contribution in [2.24, 2.45) is 46.7 Å². The van der Waals surface area contributed by atoms with E-state index in [0.717, 1.165) is 0 Å². The average Bonchev–Trinajstić information content (AvgIpc) is 1.93. The molecule has 0 saturated carbocycles. The summed E-state index contributed by atoms with van der Waals surface area (Å²) in [5.41, 5.74) is 0. The fraction of sp³-hybridized carbons (Fsp3) is 0.333. The number of nitrogens with two attached hydrogens (primary N) is 8. The zero-order valence-corrected chi connectivity index (χ0v) is 13.8. The minimum absolute atomic E-state index is 0.391.